The molecule has 0 spiro atoms. The topological polar surface area (TPSA) is 21.3 Å². The number of anilines is 1. The lowest BCUT2D eigenvalue weighted by molar-refractivity contribution is 0.415. The van der Waals surface area contributed by atoms with Crippen molar-refractivity contribution in [1.29, 1.82) is 0 Å². The summed E-state index contributed by atoms with van der Waals surface area (Å²) in [6.45, 7) is 0. The van der Waals surface area contributed by atoms with Crippen LogP contribution in [-0.2, 0) is 0 Å². The van der Waals surface area contributed by atoms with E-state index in [4.69, 9.17) is 4.74 Å². The van der Waals surface area contributed by atoms with Crippen molar-refractivity contribution in [3.63, 3.8) is 0 Å². The predicted octanol–water partition coefficient (Wildman–Crippen LogP) is 3.83. The first-order valence-corrected chi connectivity index (χ1v) is 6.29. The van der Waals surface area contributed by atoms with E-state index < -0.39 is 0 Å². The maximum absolute atomic E-state index is 5.36. The maximum atomic E-state index is 5.36. The van der Waals surface area contributed by atoms with E-state index in [0.717, 1.165) is 11.4 Å². The van der Waals surface area contributed by atoms with Gasteiger partial charge in [-0.3, -0.25) is 0 Å². The molecule has 0 aromatic heterocycles. The van der Waals surface area contributed by atoms with Crippen LogP contribution in [0.15, 0.2) is 24.3 Å². The summed E-state index contributed by atoms with van der Waals surface area (Å²) >= 11 is 0. The van der Waals surface area contributed by atoms with Gasteiger partial charge in [0.2, 0.25) is 0 Å². The van der Waals surface area contributed by atoms with Gasteiger partial charge in [0.05, 0.1) is 12.8 Å². The highest BCUT2D eigenvalue weighted by atomic mass is 16.5. The smallest absolute Gasteiger partial charge is 0.141 e. The van der Waals surface area contributed by atoms with Crippen LogP contribution in [0.4, 0.5) is 5.69 Å². The normalized spacial score (nSPS) is 17.8. The molecule has 0 aliphatic heterocycles. The molecular weight excluding hydrogens is 198 g/mol. The number of nitrogens with one attached hydrogen (secondary N) is 1. The molecule has 2 nitrogen and oxygen atoms in total. The Morgan fingerprint density at radius 2 is 1.75 bits per heavy atom. The van der Waals surface area contributed by atoms with Crippen molar-refractivity contribution in [3.05, 3.63) is 24.3 Å². The van der Waals surface area contributed by atoms with Gasteiger partial charge in [0, 0.05) is 6.04 Å². The van der Waals surface area contributed by atoms with Crippen LogP contribution in [0.5, 0.6) is 5.75 Å². The molecular formula is C14H21NO. The molecule has 0 heterocycles. The molecule has 1 aliphatic carbocycles. The minimum absolute atomic E-state index is 0.624. The van der Waals surface area contributed by atoms with Gasteiger partial charge in [0.1, 0.15) is 5.75 Å². The summed E-state index contributed by atoms with van der Waals surface area (Å²) in [5, 5.41) is 3.62. The first-order valence-electron chi connectivity index (χ1n) is 6.29. The monoisotopic (exact) mass is 219 g/mol. The highest BCUT2D eigenvalue weighted by Crippen LogP contribution is 2.27. The molecule has 1 N–H and O–H groups in total. The Bertz CT molecular complexity index is 316. The SMILES string of the molecule is COc1ccccc1NC1CCCCCC1. The summed E-state index contributed by atoms with van der Waals surface area (Å²) in [6, 6.07) is 8.81. The van der Waals surface area contributed by atoms with Crippen LogP contribution >= 0.6 is 0 Å². The standard InChI is InChI=1S/C14H21NO/c1-16-14-11-7-6-10-13(14)15-12-8-4-2-3-5-9-12/h6-7,10-12,15H,2-5,8-9H2,1H3. The zero-order valence-corrected chi connectivity index (χ0v) is 10.0. The first kappa shape index (κ1) is 11.3. The van der Waals surface area contributed by atoms with Crippen molar-refractivity contribution in [1.82, 2.24) is 0 Å². The molecule has 0 radical (unpaired) electrons. The average molecular weight is 219 g/mol. The molecule has 1 aromatic carbocycles. The maximum Gasteiger partial charge on any atom is 0.141 e. The van der Waals surface area contributed by atoms with Crippen LogP contribution in [0.2, 0.25) is 0 Å². The van der Waals surface area contributed by atoms with Crippen LogP contribution in [-0.4, -0.2) is 13.2 Å². The molecule has 16 heavy (non-hydrogen) atoms. The Kier molecular flexibility index (Phi) is 4.09. The van der Waals surface area contributed by atoms with E-state index >= 15 is 0 Å². The minimum atomic E-state index is 0.624. The summed E-state index contributed by atoms with van der Waals surface area (Å²) in [5.74, 6) is 0.951. The summed E-state index contributed by atoms with van der Waals surface area (Å²) < 4.78 is 5.36. The Labute approximate surface area is 98.0 Å². The fourth-order valence-corrected chi connectivity index (χ4v) is 2.41. The third kappa shape index (κ3) is 2.91. The molecule has 0 atom stereocenters. The van der Waals surface area contributed by atoms with Crippen LogP contribution in [0.1, 0.15) is 38.5 Å². The third-order valence-corrected chi connectivity index (χ3v) is 3.32. The largest absolute Gasteiger partial charge is 0.495 e. The van der Waals surface area contributed by atoms with E-state index in [-0.39, 0.29) is 0 Å². The number of para-hydroxylation sites is 2. The number of hydrogen-bond acceptors (Lipinski definition) is 2. The van der Waals surface area contributed by atoms with E-state index in [9.17, 15) is 0 Å². The second-order valence-electron chi connectivity index (χ2n) is 4.53. The lowest BCUT2D eigenvalue weighted by Crippen LogP contribution is -2.18. The van der Waals surface area contributed by atoms with Crippen LogP contribution in [0.3, 0.4) is 0 Å². The highest BCUT2D eigenvalue weighted by Gasteiger charge is 2.13. The van der Waals surface area contributed by atoms with E-state index in [1.54, 1.807) is 7.11 Å². The minimum Gasteiger partial charge on any atom is -0.495 e. The third-order valence-electron chi connectivity index (χ3n) is 3.32. The summed E-state index contributed by atoms with van der Waals surface area (Å²) in [6.07, 6.45) is 8.07. The highest BCUT2D eigenvalue weighted by molar-refractivity contribution is 5.56. The number of methoxy groups -OCH3 is 1. The van der Waals surface area contributed by atoms with Crippen LogP contribution in [0.25, 0.3) is 0 Å². The van der Waals surface area contributed by atoms with Crippen molar-refractivity contribution >= 4 is 5.69 Å². The molecule has 0 amide bonds. The summed E-state index contributed by atoms with van der Waals surface area (Å²) in [5.41, 5.74) is 1.14. The van der Waals surface area contributed by atoms with Crippen molar-refractivity contribution in [3.8, 4) is 5.75 Å². The Hall–Kier alpha value is -1.18. The van der Waals surface area contributed by atoms with Crippen molar-refractivity contribution in [2.45, 2.75) is 44.6 Å². The Morgan fingerprint density at radius 3 is 2.44 bits per heavy atom. The molecule has 2 heteroatoms. The molecule has 1 aromatic rings. The van der Waals surface area contributed by atoms with Gasteiger partial charge in [-0.15, -0.1) is 0 Å². The molecule has 1 aliphatic rings. The molecule has 0 bridgehead atoms. The molecule has 88 valence electrons. The van der Waals surface area contributed by atoms with Crippen molar-refractivity contribution in [2.24, 2.45) is 0 Å². The van der Waals surface area contributed by atoms with Gasteiger partial charge in [-0.05, 0) is 25.0 Å². The lowest BCUT2D eigenvalue weighted by Gasteiger charge is -2.19. The quantitative estimate of drug-likeness (QED) is 0.780. The molecule has 2 rings (SSSR count). The number of ether oxygens (including phenoxy) is 1. The molecule has 1 saturated carbocycles. The Morgan fingerprint density at radius 1 is 1.06 bits per heavy atom. The lowest BCUT2D eigenvalue weighted by atomic mass is 10.1. The van der Waals surface area contributed by atoms with Gasteiger partial charge < -0.3 is 10.1 Å². The number of benzene rings is 1. The van der Waals surface area contributed by atoms with E-state index in [2.05, 4.69) is 17.4 Å². The summed E-state index contributed by atoms with van der Waals surface area (Å²) in [4.78, 5) is 0. The predicted molar refractivity (Wildman–Crippen MR) is 68.1 cm³/mol. The van der Waals surface area contributed by atoms with Gasteiger partial charge >= 0.3 is 0 Å². The van der Waals surface area contributed by atoms with E-state index in [1.165, 1.54) is 38.5 Å². The number of hydrogen-bond donors (Lipinski definition) is 1. The average Bonchev–Trinajstić information content (AvgIpc) is 2.58. The van der Waals surface area contributed by atoms with E-state index in [0.29, 0.717) is 6.04 Å². The van der Waals surface area contributed by atoms with Gasteiger partial charge in [0.25, 0.3) is 0 Å². The number of rotatable bonds is 3. The fraction of sp³-hybridized carbons (Fsp3) is 0.571. The second kappa shape index (κ2) is 5.78. The van der Waals surface area contributed by atoms with Gasteiger partial charge in [-0.1, -0.05) is 37.8 Å². The van der Waals surface area contributed by atoms with Crippen LogP contribution in [0, 0.1) is 0 Å². The first-order chi connectivity index (χ1) is 7.90. The van der Waals surface area contributed by atoms with E-state index in [1.807, 2.05) is 12.1 Å². The van der Waals surface area contributed by atoms with Crippen LogP contribution < -0.4 is 10.1 Å². The fourth-order valence-electron chi connectivity index (χ4n) is 2.41. The van der Waals surface area contributed by atoms with Gasteiger partial charge in [-0.2, -0.15) is 0 Å². The second-order valence-corrected chi connectivity index (χ2v) is 4.53. The van der Waals surface area contributed by atoms with Gasteiger partial charge in [0.15, 0.2) is 0 Å². The molecule has 0 unspecified atom stereocenters. The van der Waals surface area contributed by atoms with Crippen molar-refractivity contribution in [2.75, 3.05) is 12.4 Å². The molecule has 0 saturated heterocycles. The molecule has 1 fully saturated rings. The van der Waals surface area contributed by atoms with Crippen molar-refractivity contribution < 1.29 is 4.74 Å². The van der Waals surface area contributed by atoms with Gasteiger partial charge in [-0.25, -0.2) is 0 Å². The summed E-state index contributed by atoms with van der Waals surface area (Å²) in [7, 11) is 1.73. The zero-order chi connectivity index (χ0) is 11.2. The zero-order valence-electron chi connectivity index (χ0n) is 10.0. The Balaban J connectivity index is 2.01.